The molecule has 7 rings (SSSR count). The number of hydrogen-bond acceptors (Lipinski definition) is 10. The predicted molar refractivity (Wildman–Crippen MR) is 251 cm³/mol. The molecule has 0 bridgehead atoms. The van der Waals surface area contributed by atoms with Gasteiger partial charge in [0, 0.05) is 53.8 Å². The molecule has 1 fully saturated rings. The summed E-state index contributed by atoms with van der Waals surface area (Å²) < 4.78 is 199. The van der Waals surface area contributed by atoms with E-state index in [1.165, 1.54) is 30.9 Å². The molecule has 28 heteroatoms. The number of anilines is 1. The van der Waals surface area contributed by atoms with Crippen LogP contribution in [-0.2, 0) is 56.3 Å². The first-order valence-corrected chi connectivity index (χ1v) is 26.6. The normalized spacial score (nSPS) is 17.6. The third-order valence-corrected chi connectivity index (χ3v) is 16.0. The number of sulfonamides is 1. The molecule has 73 heavy (non-hydrogen) atoms. The molecule has 2 aromatic carbocycles. The number of fused-ring (bicyclic) bond motifs is 2. The number of aromatic nitrogens is 5. The summed E-state index contributed by atoms with van der Waals surface area (Å²) in [5.74, 6) is -4.51. The van der Waals surface area contributed by atoms with Gasteiger partial charge >= 0.3 is 18.4 Å². The standard InChI is InChI=1S/C45H43ClF10N8O6S3/c1-23-19-43(49,50)39-34(23)38(45(54,55)56)59-62(39)20-33(65)58-32(17-24-15-25(47)18-26(48)16-24)36-29(9-8-27(57-36)12-13-42(2,3)72(4,67)68)30-10-11-31(46)35-37(30)63(22-44(51,52)53)60-40(35)64(73(5,69)70)41(66)61-14-6-7-28(61)21-71/h8-11,15-16,18,23,28,32,71H,6-7,14,17,19-22H2,1-5H3,(H,58,65)/t23-,28-,32-/m0/s1. The van der Waals surface area contributed by atoms with Crippen molar-refractivity contribution in [1.82, 2.24) is 34.8 Å². The van der Waals surface area contributed by atoms with Crippen molar-refractivity contribution in [2.24, 2.45) is 0 Å². The van der Waals surface area contributed by atoms with E-state index in [2.05, 4.69) is 45.0 Å². The maximum Gasteiger partial charge on any atom is 0.435 e. The summed E-state index contributed by atoms with van der Waals surface area (Å²) in [6.07, 6.45) is -9.77. The summed E-state index contributed by atoms with van der Waals surface area (Å²) in [5.41, 5.74) is -5.87. The lowest BCUT2D eigenvalue weighted by molar-refractivity contribution is -0.143. The highest BCUT2D eigenvalue weighted by atomic mass is 35.5. The summed E-state index contributed by atoms with van der Waals surface area (Å²) in [5, 5.41) is 8.90. The molecule has 5 aromatic rings. The number of urea groups is 1. The van der Waals surface area contributed by atoms with Crippen LogP contribution < -0.4 is 9.62 Å². The third kappa shape index (κ3) is 11.4. The Hall–Kier alpha value is -5.59. The molecule has 2 aliphatic rings. The minimum absolute atomic E-state index is 0.0398. The number of likely N-dealkylation sites (tertiary alicyclic amines) is 1. The van der Waals surface area contributed by atoms with Gasteiger partial charge in [0.2, 0.25) is 15.9 Å². The molecule has 3 aromatic heterocycles. The largest absolute Gasteiger partial charge is 0.435 e. The van der Waals surface area contributed by atoms with Crippen LogP contribution in [0, 0.1) is 23.5 Å². The summed E-state index contributed by atoms with van der Waals surface area (Å²) in [6, 6.07) is 3.16. The molecule has 394 valence electrons. The molecular weight excluding hydrogens is 1070 g/mol. The quantitative estimate of drug-likeness (QED) is 0.0704. The number of hydrogen-bond donors (Lipinski definition) is 2. The van der Waals surface area contributed by atoms with Crippen molar-refractivity contribution in [3.63, 3.8) is 0 Å². The second-order valence-corrected chi connectivity index (χ2v) is 23.4. The molecule has 0 unspecified atom stereocenters. The van der Waals surface area contributed by atoms with E-state index in [0.717, 1.165) is 37.4 Å². The zero-order valence-electron chi connectivity index (χ0n) is 38.9. The van der Waals surface area contributed by atoms with Gasteiger partial charge in [-0.05, 0) is 80.8 Å². The zero-order chi connectivity index (χ0) is 54.1. The monoisotopic (exact) mass is 1110 g/mol. The Kier molecular flexibility index (Phi) is 14.8. The Morgan fingerprint density at radius 2 is 1.62 bits per heavy atom. The van der Waals surface area contributed by atoms with Crippen molar-refractivity contribution < 1.29 is 70.3 Å². The lowest BCUT2D eigenvalue weighted by Crippen LogP contribution is -2.48. The highest BCUT2D eigenvalue weighted by Gasteiger charge is 2.53. The molecule has 4 heterocycles. The number of nitrogens with one attached hydrogen (secondary N) is 1. The van der Waals surface area contributed by atoms with Gasteiger partial charge in [-0.3, -0.25) is 14.2 Å². The van der Waals surface area contributed by atoms with Crippen LogP contribution in [0.2, 0.25) is 5.02 Å². The summed E-state index contributed by atoms with van der Waals surface area (Å²) in [4.78, 5) is 34.1. The summed E-state index contributed by atoms with van der Waals surface area (Å²) >= 11 is 11.0. The fourth-order valence-corrected chi connectivity index (χ4v) is 10.5. The Balaban J connectivity index is 1.50. The molecule has 1 saturated heterocycles. The van der Waals surface area contributed by atoms with Gasteiger partial charge < -0.3 is 10.2 Å². The van der Waals surface area contributed by atoms with Crippen molar-refractivity contribution in [2.75, 3.05) is 29.1 Å². The first-order valence-electron chi connectivity index (χ1n) is 21.8. The maximum absolute atomic E-state index is 15.4. The number of carbonyl (C=O) groups excluding carboxylic acids is 2. The van der Waals surface area contributed by atoms with Gasteiger partial charge in [-0.25, -0.2) is 35.4 Å². The van der Waals surface area contributed by atoms with Gasteiger partial charge in [0.05, 0.1) is 33.9 Å². The Labute approximate surface area is 421 Å². The number of nitrogens with zero attached hydrogens (tertiary/aromatic N) is 7. The smallest absolute Gasteiger partial charge is 0.346 e. The van der Waals surface area contributed by atoms with E-state index < -0.39 is 155 Å². The van der Waals surface area contributed by atoms with Crippen molar-refractivity contribution >= 4 is 72.7 Å². The predicted octanol–water partition coefficient (Wildman–Crippen LogP) is 8.96. The number of sulfone groups is 1. The molecule has 14 nitrogen and oxygen atoms in total. The number of pyridine rings is 1. The van der Waals surface area contributed by atoms with E-state index in [0.29, 0.717) is 29.8 Å². The van der Waals surface area contributed by atoms with Gasteiger partial charge in [-0.2, -0.15) is 62.3 Å². The number of benzene rings is 2. The number of rotatable bonds is 12. The number of amides is 3. The average molecular weight is 1110 g/mol. The zero-order valence-corrected chi connectivity index (χ0v) is 42.2. The van der Waals surface area contributed by atoms with Gasteiger partial charge in [0.15, 0.2) is 21.3 Å². The minimum Gasteiger partial charge on any atom is -0.346 e. The van der Waals surface area contributed by atoms with Gasteiger partial charge in [0.25, 0.3) is 5.92 Å². The number of carbonyl (C=O) groups is 2. The summed E-state index contributed by atoms with van der Waals surface area (Å²) in [6.45, 7) is 0.401. The van der Waals surface area contributed by atoms with Crippen LogP contribution in [0.15, 0.2) is 42.5 Å². The molecule has 1 aliphatic heterocycles. The molecule has 0 spiro atoms. The number of halogens is 11. The van der Waals surface area contributed by atoms with Crippen molar-refractivity contribution in [3.05, 3.63) is 93.0 Å². The third-order valence-electron chi connectivity index (χ3n) is 12.3. The molecule has 1 N–H and O–H groups in total. The van der Waals surface area contributed by atoms with Crippen LogP contribution in [0.25, 0.3) is 22.0 Å². The molecular formula is C45H43ClF10N8O6S3. The highest BCUT2D eigenvalue weighted by molar-refractivity contribution is 7.93. The second-order valence-electron chi connectivity index (χ2n) is 18.2. The van der Waals surface area contributed by atoms with Gasteiger partial charge in [-0.1, -0.05) is 30.5 Å². The van der Waals surface area contributed by atoms with E-state index in [9.17, 15) is 61.5 Å². The second kappa shape index (κ2) is 19.6. The SMILES string of the molecule is C[C@H]1CC(F)(F)c2c1c(C(F)(F)F)nn2CC(=O)N[C@@H](Cc1cc(F)cc(F)c1)c1nc(C#CC(C)(C)S(C)(=O)=O)ccc1-c1ccc(Cl)c2c(N(C(=O)N3CCC[C@H]3CS)S(C)(=O)=O)nn(CC(F)(F)F)c12. The Morgan fingerprint density at radius 3 is 2.21 bits per heavy atom. The van der Waals surface area contributed by atoms with Crippen LogP contribution in [0.5, 0.6) is 0 Å². The number of thiol groups is 1. The van der Waals surface area contributed by atoms with Gasteiger partial charge in [0.1, 0.15) is 40.9 Å². The van der Waals surface area contributed by atoms with Crippen molar-refractivity contribution in [2.45, 2.75) is 101 Å². The van der Waals surface area contributed by atoms with Crippen LogP contribution in [0.1, 0.15) is 85.9 Å². The first-order chi connectivity index (χ1) is 33.6. The summed E-state index contributed by atoms with van der Waals surface area (Å²) in [7, 11) is -8.66. The minimum atomic E-state index is -5.24. The van der Waals surface area contributed by atoms with E-state index in [4.69, 9.17) is 11.6 Å². The van der Waals surface area contributed by atoms with Crippen LogP contribution in [0.3, 0.4) is 0 Å². The van der Waals surface area contributed by atoms with Crippen molar-refractivity contribution in [1.29, 1.82) is 0 Å². The average Bonchev–Trinajstić information content (AvgIpc) is 4.02. The Morgan fingerprint density at radius 1 is 0.973 bits per heavy atom. The van der Waals surface area contributed by atoms with E-state index in [-0.39, 0.29) is 43.7 Å². The van der Waals surface area contributed by atoms with E-state index in [1.807, 2.05) is 0 Å². The van der Waals surface area contributed by atoms with Crippen molar-refractivity contribution in [3.8, 4) is 23.0 Å². The van der Waals surface area contributed by atoms with E-state index >= 15 is 8.78 Å². The highest BCUT2D eigenvalue weighted by Crippen LogP contribution is 2.52. The lowest BCUT2D eigenvalue weighted by atomic mass is 9.93. The fraction of sp³-hybridized carbons (Fsp3) is 0.444. The maximum atomic E-state index is 15.4. The van der Waals surface area contributed by atoms with Gasteiger partial charge in [-0.15, -0.1) is 0 Å². The fourth-order valence-electron chi connectivity index (χ4n) is 8.83. The van der Waals surface area contributed by atoms with Crippen LogP contribution in [0.4, 0.5) is 54.5 Å². The first kappa shape index (κ1) is 55.2. The van der Waals surface area contributed by atoms with Crippen LogP contribution in [-0.4, -0.2) is 100.0 Å². The van der Waals surface area contributed by atoms with Crippen LogP contribution >= 0.6 is 24.2 Å². The lowest BCUT2D eigenvalue weighted by Gasteiger charge is -2.29. The number of alkyl halides is 8. The van der Waals surface area contributed by atoms with E-state index in [1.54, 1.807) is 0 Å². The molecule has 3 atom stereocenters. The molecule has 1 aliphatic carbocycles. The molecule has 0 radical (unpaired) electrons. The Bertz CT molecular complexity index is 3310. The molecule has 3 amide bonds. The topological polar surface area (TPSA) is 169 Å². The molecule has 0 saturated carbocycles.